The minimum atomic E-state index is 0.188. The van der Waals surface area contributed by atoms with Crippen molar-refractivity contribution in [2.45, 2.75) is 65.0 Å². The predicted molar refractivity (Wildman–Crippen MR) is 82.3 cm³/mol. The smallest absolute Gasteiger partial charge is 0.160 e. The molecule has 1 N–H and O–H groups in total. The molecule has 1 aromatic rings. The minimum Gasteiger partial charge on any atom is -0.493 e. The van der Waals surface area contributed by atoms with Gasteiger partial charge in [0.15, 0.2) is 5.75 Å². The van der Waals surface area contributed by atoms with Gasteiger partial charge < -0.3 is 10.1 Å². The van der Waals surface area contributed by atoms with Gasteiger partial charge in [0.2, 0.25) is 0 Å². The standard InChI is InChI=1S/C16H29N3O/c1-6-9-19-15(14(20-5)11-18-19)13-8-7-12(13)10-17-16(2,3)4/h11-13,17H,6-10H2,1-5H3. The molecule has 0 radical (unpaired) electrons. The van der Waals surface area contributed by atoms with Crippen molar-refractivity contribution >= 4 is 0 Å². The summed E-state index contributed by atoms with van der Waals surface area (Å²) in [5.41, 5.74) is 1.50. The maximum Gasteiger partial charge on any atom is 0.160 e. The average Bonchev–Trinajstić information content (AvgIpc) is 2.70. The van der Waals surface area contributed by atoms with E-state index in [0.717, 1.165) is 25.3 Å². The fourth-order valence-corrected chi connectivity index (χ4v) is 2.91. The van der Waals surface area contributed by atoms with Crippen LogP contribution in [0, 0.1) is 5.92 Å². The third kappa shape index (κ3) is 3.35. The van der Waals surface area contributed by atoms with Crippen LogP contribution < -0.4 is 10.1 Å². The van der Waals surface area contributed by atoms with E-state index in [1.807, 2.05) is 6.20 Å². The molecule has 0 spiro atoms. The van der Waals surface area contributed by atoms with Gasteiger partial charge in [-0.15, -0.1) is 0 Å². The summed E-state index contributed by atoms with van der Waals surface area (Å²) in [6, 6.07) is 0. The van der Waals surface area contributed by atoms with Gasteiger partial charge in [0, 0.05) is 18.0 Å². The molecule has 0 saturated heterocycles. The third-order valence-corrected chi connectivity index (χ3v) is 4.16. The molecule has 0 aliphatic heterocycles. The van der Waals surface area contributed by atoms with Crippen LogP contribution in [-0.4, -0.2) is 29.0 Å². The lowest BCUT2D eigenvalue weighted by Crippen LogP contribution is -2.43. The lowest BCUT2D eigenvalue weighted by atomic mass is 9.71. The van der Waals surface area contributed by atoms with Gasteiger partial charge in [0.25, 0.3) is 0 Å². The van der Waals surface area contributed by atoms with E-state index < -0.39 is 0 Å². The third-order valence-electron chi connectivity index (χ3n) is 4.16. The van der Waals surface area contributed by atoms with E-state index >= 15 is 0 Å². The summed E-state index contributed by atoms with van der Waals surface area (Å²) in [5, 5.41) is 8.13. The SMILES string of the molecule is CCCn1ncc(OC)c1C1CCC1CNC(C)(C)C. The zero-order valence-corrected chi connectivity index (χ0v) is 13.6. The number of rotatable bonds is 6. The van der Waals surface area contributed by atoms with E-state index in [9.17, 15) is 0 Å². The van der Waals surface area contributed by atoms with E-state index in [0.29, 0.717) is 11.8 Å². The number of methoxy groups -OCH3 is 1. The van der Waals surface area contributed by atoms with Crippen LogP contribution in [0.4, 0.5) is 0 Å². The Morgan fingerprint density at radius 2 is 2.15 bits per heavy atom. The molecule has 4 nitrogen and oxygen atoms in total. The summed E-state index contributed by atoms with van der Waals surface area (Å²) < 4.78 is 7.66. The normalized spacial score (nSPS) is 22.6. The second-order valence-corrected chi connectivity index (χ2v) is 6.90. The van der Waals surface area contributed by atoms with Gasteiger partial charge in [-0.05, 0) is 52.5 Å². The van der Waals surface area contributed by atoms with Gasteiger partial charge in [-0.1, -0.05) is 6.92 Å². The van der Waals surface area contributed by atoms with Gasteiger partial charge in [0.1, 0.15) is 0 Å². The second-order valence-electron chi connectivity index (χ2n) is 6.90. The van der Waals surface area contributed by atoms with E-state index in [1.54, 1.807) is 7.11 Å². The number of nitrogens with one attached hydrogen (secondary N) is 1. The van der Waals surface area contributed by atoms with Crippen molar-refractivity contribution < 1.29 is 4.74 Å². The summed E-state index contributed by atoms with van der Waals surface area (Å²) in [7, 11) is 1.75. The Balaban J connectivity index is 2.08. The monoisotopic (exact) mass is 279 g/mol. The molecule has 1 fully saturated rings. The van der Waals surface area contributed by atoms with Crippen LogP contribution in [0.3, 0.4) is 0 Å². The van der Waals surface area contributed by atoms with Gasteiger partial charge in [-0.25, -0.2) is 0 Å². The van der Waals surface area contributed by atoms with Crippen molar-refractivity contribution in [2.24, 2.45) is 5.92 Å². The molecule has 114 valence electrons. The Hall–Kier alpha value is -1.03. The topological polar surface area (TPSA) is 39.1 Å². The fraction of sp³-hybridized carbons (Fsp3) is 0.812. The van der Waals surface area contributed by atoms with Gasteiger partial charge in [-0.2, -0.15) is 5.10 Å². The van der Waals surface area contributed by atoms with Crippen LogP contribution in [0.1, 0.15) is 58.6 Å². The maximum atomic E-state index is 5.52. The van der Waals surface area contributed by atoms with Crippen molar-refractivity contribution in [2.75, 3.05) is 13.7 Å². The Morgan fingerprint density at radius 1 is 1.40 bits per heavy atom. The molecule has 1 heterocycles. The zero-order valence-electron chi connectivity index (χ0n) is 13.6. The maximum absolute atomic E-state index is 5.52. The molecule has 2 atom stereocenters. The summed E-state index contributed by atoms with van der Waals surface area (Å²) in [6.45, 7) is 10.9. The molecule has 2 unspecified atom stereocenters. The molecule has 1 aliphatic carbocycles. The minimum absolute atomic E-state index is 0.188. The Morgan fingerprint density at radius 3 is 2.65 bits per heavy atom. The Bertz CT molecular complexity index is 433. The molecule has 0 amide bonds. The number of nitrogens with zero attached hydrogens (tertiary/aromatic N) is 2. The summed E-state index contributed by atoms with van der Waals surface area (Å²) in [6.07, 6.45) is 5.53. The van der Waals surface area contributed by atoms with Gasteiger partial charge in [-0.3, -0.25) is 4.68 Å². The molecule has 20 heavy (non-hydrogen) atoms. The van der Waals surface area contributed by atoms with Crippen molar-refractivity contribution in [1.29, 1.82) is 0 Å². The van der Waals surface area contributed by atoms with Crippen LogP contribution >= 0.6 is 0 Å². The van der Waals surface area contributed by atoms with E-state index in [1.165, 1.54) is 18.5 Å². The molecule has 1 aromatic heterocycles. The first-order valence-electron chi connectivity index (χ1n) is 7.81. The molecular formula is C16H29N3O. The molecule has 2 rings (SSSR count). The molecule has 1 saturated carbocycles. The summed E-state index contributed by atoms with van der Waals surface area (Å²) in [4.78, 5) is 0. The molecule has 1 aliphatic rings. The van der Waals surface area contributed by atoms with Crippen LogP contribution in [0.5, 0.6) is 5.75 Å². The first-order valence-corrected chi connectivity index (χ1v) is 7.81. The van der Waals surface area contributed by atoms with E-state index in [2.05, 4.69) is 42.8 Å². The van der Waals surface area contributed by atoms with Gasteiger partial charge in [0.05, 0.1) is 19.0 Å². The molecular weight excluding hydrogens is 250 g/mol. The fourth-order valence-electron chi connectivity index (χ4n) is 2.91. The number of hydrogen-bond donors (Lipinski definition) is 1. The van der Waals surface area contributed by atoms with E-state index in [-0.39, 0.29) is 5.54 Å². The Kier molecular flexibility index (Phi) is 4.74. The number of ether oxygens (including phenoxy) is 1. The van der Waals surface area contributed by atoms with Crippen LogP contribution in [0.2, 0.25) is 0 Å². The second kappa shape index (κ2) is 6.17. The first-order chi connectivity index (χ1) is 9.46. The lowest BCUT2D eigenvalue weighted by Gasteiger charge is -2.39. The summed E-state index contributed by atoms with van der Waals surface area (Å²) in [5.74, 6) is 2.26. The van der Waals surface area contributed by atoms with Crippen molar-refractivity contribution in [3.05, 3.63) is 11.9 Å². The average molecular weight is 279 g/mol. The van der Waals surface area contributed by atoms with Crippen LogP contribution in [0.25, 0.3) is 0 Å². The molecule has 4 heteroatoms. The number of aryl methyl sites for hydroxylation is 1. The molecule has 0 bridgehead atoms. The van der Waals surface area contributed by atoms with Crippen molar-refractivity contribution in [3.8, 4) is 5.75 Å². The van der Waals surface area contributed by atoms with E-state index in [4.69, 9.17) is 4.74 Å². The lowest BCUT2D eigenvalue weighted by molar-refractivity contribution is 0.211. The largest absolute Gasteiger partial charge is 0.493 e. The highest BCUT2D eigenvalue weighted by atomic mass is 16.5. The van der Waals surface area contributed by atoms with Crippen LogP contribution in [0.15, 0.2) is 6.20 Å². The Labute approximate surface area is 122 Å². The van der Waals surface area contributed by atoms with Crippen molar-refractivity contribution in [1.82, 2.24) is 15.1 Å². The predicted octanol–water partition coefficient (Wildman–Crippen LogP) is 3.18. The highest BCUT2D eigenvalue weighted by molar-refractivity contribution is 5.31. The van der Waals surface area contributed by atoms with Crippen LogP contribution in [-0.2, 0) is 6.54 Å². The zero-order chi connectivity index (χ0) is 14.8. The quantitative estimate of drug-likeness (QED) is 0.869. The first kappa shape index (κ1) is 15.4. The highest BCUT2D eigenvalue weighted by Crippen LogP contribution is 2.45. The van der Waals surface area contributed by atoms with Gasteiger partial charge >= 0.3 is 0 Å². The number of hydrogen-bond acceptors (Lipinski definition) is 3. The highest BCUT2D eigenvalue weighted by Gasteiger charge is 2.36. The summed E-state index contributed by atoms with van der Waals surface area (Å²) >= 11 is 0. The number of aromatic nitrogens is 2. The molecule has 0 aromatic carbocycles. The van der Waals surface area contributed by atoms with Crippen molar-refractivity contribution in [3.63, 3.8) is 0 Å².